The Morgan fingerprint density at radius 2 is 1.51 bits per heavy atom. The van der Waals surface area contributed by atoms with Gasteiger partial charge >= 0.3 is 0 Å². The maximum atomic E-state index is 10.5. The average molecular weight is 856 g/mol. The Bertz CT molecular complexity index is 2250. The third-order valence-corrected chi connectivity index (χ3v) is 8.88. The fourth-order valence-corrected chi connectivity index (χ4v) is 6.16. The summed E-state index contributed by atoms with van der Waals surface area (Å²) in [5.41, 5.74) is 10.8. The van der Waals surface area contributed by atoms with E-state index < -0.39 is 0 Å². The van der Waals surface area contributed by atoms with Crippen molar-refractivity contribution in [3.63, 3.8) is 0 Å². The third kappa shape index (κ3) is 7.85. The van der Waals surface area contributed by atoms with Crippen LogP contribution in [-0.2, 0) is 24.9 Å². The second-order valence-corrected chi connectivity index (χ2v) is 13.0. The first-order valence-electron chi connectivity index (χ1n) is 17.3. The summed E-state index contributed by atoms with van der Waals surface area (Å²) >= 11 is 0. The summed E-state index contributed by atoms with van der Waals surface area (Å²) in [5.74, 6) is 2.36. The Morgan fingerprint density at radius 3 is 2.14 bits per heavy atom. The summed E-state index contributed by atoms with van der Waals surface area (Å²) in [4.78, 5) is 15.7. The quantitative estimate of drug-likeness (QED) is 0.0888. The van der Waals surface area contributed by atoms with Gasteiger partial charge in [-0.25, -0.2) is 0 Å². The van der Waals surface area contributed by atoms with Crippen LogP contribution in [0.25, 0.3) is 61.5 Å². The molecule has 3 aromatic heterocycles. The molecule has 1 N–H and O–H groups in total. The first kappa shape index (κ1) is 37.3. The van der Waals surface area contributed by atoms with E-state index in [1.165, 1.54) is 34.0 Å². The van der Waals surface area contributed by atoms with E-state index in [4.69, 9.17) is 18.9 Å². The van der Waals surface area contributed by atoms with E-state index >= 15 is 0 Å². The van der Waals surface area contributed by atoms with Gasteiger partial charge in [-0.1, -0.05) is 113 Å². The molecule has 0 aliphatic carbocycles. The van der Waals surface area contributed by atoms with Crippen LogP contribution in [0.3, 0.4) is 0 Å². The molecule has 0 saturated heterocycles. The molecule has 7 aromatic rings. The maximum Gasteiger partial charge on any atom is 0.158 e. The van der Waals surface area contributed by atoms with Crippen molar-refractivity contribution in [2.75, 3.05) is 0 Å². The van der Waals surface area contributed by atoms with E-state index in [9.17, 15) is 4.79 Å². The van der Waals surface area contributed by atoms with Crippen LogP contribution in [0.1, 0.15) is 77.3 Å². The number of carbonyl (C=O) groups is 1. The van der Waals surface area contributed by atoms with Crippen molar-refractivity contribution < 1.29 is 38.8 Å². The second kappa shape index (κ2) is 16.4. The van der Waals surface area contributed by atoms with Crippen molar-refractivity contribution in [3.8, 4) is 39.5 Å². The molecule has 3 heterocycles. The van der Waals surface area contributed by atoms with Gasteiger partial charge in [-0.3, -0.25) is 9.78 Å². The van der Waals surface area contributed by atoms with Crippen LogP contribution in [0.15, 0.2) is 124 Å². The van der Waals surface area contributed by atoms with Crippen molar-refractivity contribution in [2.24, 2.45) is 0 Å². The standard InChI is InChI=1S/C37H31N2O2.C7H12O2.Ir/c1-23(2)28-20-27(25-11-6-5-7-12-25)21-29(24(3)4)36(28)39-33-14-9-8-13-32(33)38-37(39)31-22-41-35-17-16-26(19-30(31)35)34-15-10-18-40-34;1-3-6(8)5-7(9)4-2;/h5-21,23-24H,1-4H3;5,8H,3-4H2,1-2H3;/q-1;;/b;6-5-;. The molecule has 263 valence electrons. The van der Waals surface area contributed by atoms with Crippen LogP contribution >= 0.6 is 0 Å². The van der Waals surface area contributed by atoms with E-state index in [0.717, 1.165) is 44.7 Å². The van der Waals surface area contributed by atoms with E-state index in [-0.39, 0.29) is 43.5 Å². The molecule has 0 atom stereocenters. The summed E-state index contributed by atoms with van der Waals surface area (Å²) in [5, 5.41) is 9.75. The van der Waals surface area contributed by atoms with Gasteiger partial charge in [0.15, 0.2) is 5.78 Å². The minimum Gasteiger partial charge on any atom is -0.557 e. The normalized spacial score (nSPS) is 11.6. The number of furan rings is 2. The van der Waals surface area contributed by atoms with Gasteiger partial charge in [-0.2, -0.15) is 0 Å². The van der Waals surface area contributed by atoms with Crippen molar-refractivity contribution in [2.45, 2.75) is 66.2 Å². The predicted molar refractivity (Wildman–Crippen MR) is 203 cm³/mol. The summed E-state index contributed by atoms with van der Waals surface area (Å²) in [6, 6.07) is 33.7. The number of carbonyl (C=O) groups excluding carboxylic acids is 1. The van der Waals surface area contributed by atoms with Crippen molar-refractivity contribution in [3.05, 3.63) is 133 Å². The second-order valence-electron chi connectivity index (χ2n) is 13.0. The van der Waals surface area contributed by atoms with Crippen molar-refractivity contribution >= 4 is 27.8 Å². The number of aromatic nitrogens is 2. The molecule has 0 bridgehead atoms. The number of aliphatic hydroxyl groups is 1. The largest absolute Gasteiger partial charge is 0.557 e. The van der Waals surface area contributed by atoms with E-state index in [1.807, 2.05) is 30.3 Å². The van der Waals surface area contributed by atoms with Crippen LogP contribution in [0.2, 0.25) is 0 Å². The summed E-state index contributed by atoms with van der Waals surface area (Å²) in [6.07, 6.45) is 7.19. The maximum absolute atomic E-state index is 10.5. The fraction of sp³-hybridized carbons (Fsp3) is 0.227. The number of benzene rings is 4. The molecule has 0 saturated carbocycles. The molecule has 4 aromatic carbocycles. The summed E-state index contributed by atoms with van der Waals surface area (Å²) < 4.78 is 14.0. The molecule has 0 spiro atoms. The number of aliphatic hydroxyl groups excluding tert-OH is 1. The smallest absolute Gasteiger partial charge is 0.158 e. The van der Waals surface area contributed by atoms with E-state index in [2.05, 4.69) is 105 Å². The minimum atomic E-state index is -0.0191. The topological polar surface area (TPSA) is 81.4 Å². The number of imidazole rings is 1. The summed E-state index contributed by atoms with van der Waals surface area (Å²) in [6.45, 7) is 12.6. The van der Waals surface area contributed by atoms with Gasteiger partial charge in [0.1, 0.15) is 5.76 Å². The van der Waals surface area contributed by atoms with Gasteiger partial charge in [0.2, 0.25) is 0 Å². The Morgan fingerprint density at radius 1 is 0.824 bits per heavy atom. The molecule has 7 rings (SSSR count). The van der Waals surface area contributed by atoms with Crippen molar-refractivity contribution in [1.82, 2.24) is 9.55 Å². The van der Waals surface area contributed by atoms with E-state index in [0.29, 0.717) is 12.8 Å². The predicted octanol–water partition coefficient (Wildman–Crippen LogP) is 12.2. The van der Waals surface area contributed by atoms with Gasteiger partial charge in [0, 0.05) is 62.1 Å². The van der Waals surface area contributed by atoms with Gasteiger partial charge in [-0.15, -0.1) is 0 Å². The van der Waals surface area contributed by atoms with Crippen LogP contribution in [0.5, 0.6) is 0 Å². The number of ketones is 1. The Kier molecular flexibility index (Phi) is 12.0. The number of hydrogen-bond acceptors (Lipinski definition) is 5. The molecule has 7 heteroatoms. The minimum absolute atomic E-state index is 0. The zero-order valence-corrected chi connectivity index (χ0v) is 32.3. The average Bonchev–Trinajstić information content (AvgIpc) is 3.90. The molecule has 0 aliphatic heterocycles. The Balaban J connectivity index is 0.000000448. The fourth-order valence-electron chi connectivity index (χ4n) is 6.16. The van der Waals surface area contributed by atoms with Crippen molar-refractivity contribution in [1.29, 1.82) is 0 Å². The van der Waals surface area contributed by atoms with Gasteiger partial charge in [0.25, 0.3) is 0 Å². The monoisotopic (exact) mass is 856 g/mol. The molecular formula is C44H43IrN2O4-. The number of para-hydroxylation sites is 2. The number of nitrogens with zero attached hydrogens (tertiary/aromatic N) is 2. The number of allylic oxidation sites excluding steroid dienone is 2. The molecular weight excluding hydrogens is 813 g/mol. The molecule has 51 heavy (non-hydrogen) atoms. The number of rotatable bonds is 9. The zero-order chi connectivity index (χ0) is 35.4. The molecule has 6 nitrogen and oxygen atoms in total. The third-order valence-electron chi connectivity index (χ3n) is 8.88. The Hall–Kier alpha value is -4.97. The molecule has 0 amide bonds. The van der Waals surface area contributed by atoms with Gasteiger partial charge in [-0.05, 0) is 70.5 Å². The molecule has 0 unspecified atom stereocenters. The van der Waals surface area contributed by atoms with Crippen LogP contribution < -0.4 is 0 Å². The first-order valence-corrected chi connectivity index (χ1v) is 17.3. The SMILES string of the molecule is CC(C)c1cc(-c2ccccc2)cc(C(C)C)c1-n1c(-c2[c-]oc3ccc(-c4ccco4)cc23)nc2ccccc21.CCC(=O)/C=C(\O)CC.[Ir]. The molecule has 1 radical (unpaired) electrons. The zero-order valence-electron chi connectivity index (χ0n) is 29.9. The Labute approximate surface area is 313 Å². The van der Waals surface area contributed by atoms with E-state index in [1.54, 1.807) is 20.1 Å². The van der Waals surface area contributed by atoms with Crippen LogP contribution in [0, 0.1) is 6.26 Å². The first-order chi connectivity index (χ1) is 24.2. The van der Waals surface area contributed by atoms with Gasteiger partial charge < -0.3 is 18.5 Å². The molecule has 0 fully saturated rings. The number of fused-ring (bicyclic) bond motifs is 2. The molecule has 0 aliphatic rings. The number of hydrogen-bond donors (Lipinski definition) is 1. The van der Waals surface area contributed by atoms with Crippen LogP contribution in [-0.4, -0.2) is 20.4 Å². The van der Waals surface area contributed by atoms with Crippen LogP contribution in [0.4, 0.5) is 0 Å². The summed E-state index contributed by atoms with van der Waals surface area (Å²) in [7, 11) is 0. The van der Waals surface area contributed by atoms with Gasteiger partial charge in [0.05, 0.1) is 28.9 Å².